The first-order valence-electron chi connectivity index (χ1n) is 7.04. The Kier molecular flexibility index (Phi) is 3.08. The summed E-state index contributed by atoms with van der Waals surface area (Å²) in [5.74, 6) is 1.45. The number of nitrogens with zero attached hydrogens (tertiary/aromatic N) is 4. The topological polar surface area (TPSA) is 35.6 Å². The van der Waals surface area contributed by atoms with Crippen molar-refractivity contribution in [3.8, 4) is 0 Å². The highest BCUT2D eigenvalue weighted by atomic mass is 35.5. The van der Waals surface area contributed by atoms with Crippen LogP contribution in [0.2, 0.25) is 0 Å². The van der Waals surface area contributed by atoms with Gasteiger partial charge in [-0.25, -0.2) is 4.98 Å². The number of fused-ring (bicyclic) bond motifs is 1. The van der Waals surface area contributed by atoms with Crippen molar-refractivity contribution in [2.45, 2.75) is 57.4 Å². The van der Waals surface area contributed by atoms with E-state index in [1.807, 2.05) is 18.7 Å². The fourth-order valence-corrected chi connectivity index (χ4v) is 3.69. The van der Waals surface area contributed by atoms with Crippen LogP contribution in [0.4, 0.5) is 0 Å². The molecule has 0 bridgehead atoms. The van der Waals surface area contributed by atoms with Gasteiger partial charge in [-0.05, 0) is 26.7 Å². The normalized spacial score (nSPS) is 19.2. The number of aromatic nitrogens is 4. The Morgan fingerprint density at radius 1 is 1.26 bits per heavy atom. The smallest absolute Gasteiger partial charge is 0.159 e. The monoisotopic (exact) mass is 280 g/mol. The molecule has 1 fully saturated rings. The molecule has 0 N–H and O–H groups in total. The van der Waals surface area contributed by atoms with E-state index in [1.54, 1.807) is 0 Å². The zero-order chi connectivity index (χ0) is 13.6. The Bertz CT molecular complexity index is 605. The summed E-state index contributed by atoms with van der Waals surface area (Å²) < 4.78 is 4.31. The molecule has 1 aliphatic rings. The predicted octanol–water partition coefficient (Wildman–Crippen LogP) is 3.50. The molecule has 0 aromatic carbocycles. The van der Waals surface area contributed by atoms with Crippen molar-refractivity contribution in [2.24, 2.45) is 7.05 Å². The first kappa shape index (κ1) is 13.0. The number of rotatable bonds is 2. The SMILES string of the molecule is Cc1nn(C)c2c1nc(CCl)n2C1(C)CCCCC1. The van der Waals surface area contributed by atoms with Crippen molar-refractivity contribution in [1.29, 1.82) is 0 Å². The van der Waals surface area contributed by atoms with E-state index in [-0.39, 0.29) is 5.54 Å². The van der Waals surface area contributed by atoms with Crippen LogP contribution >= 0.6 is 11.6 Å². The maximum absolute atomic E-state index is 6.13. The molecule has 0 unspecified atom stereocenters. The van der Waals surface area contributed by atoms with E-state index in [2.05, 4.69) is 16.6 Å². The Balaban J connectivity index is 2.25. The van der Waals surface area contributed by atoms with Crippen molar-refractivity contribution in [2.75, 3.05) is 0 Å². The third-order valence-corrected chi connectivity index (χ3v) is 4.70. The van der Waals surface area contributed by atoms with Crippen molar-refractivity contribution < 1.29 is 0 Å². The van der Waals surface area contributed by atoms with Crippen LogP contribution in [0.25, 0.3) is 11.2 Å². The van der Waals surface area contributed by atoms with Crippen molar-refractivity contribution in [3.63, 3.8) is 0 Å². The van der Waals surface area contributed by atoms with Crippen LogP contribution in [0.3, 0.4) is 0 Å². The van der Waals surface area contributed by atoms with Gasteiger partial charge in [0.25, 0.3) is 0 Å². The number of aryl methyl sites for hydroxylation is 2. The third kappa shape index (κ3) is 1.88. The molecule has 2 aromatic heterocycles. The van der Waals surface area contributed by atoms with Gasteiger partial charge in [0.15, 0.2) is 5.65 Å². The minimum atomic E-state index is 0.136. The van der Waals surface area contributed by atoms with Gasteiger partial charge < -0.3 is 4.57 Å². The zero-order valence-electron chi connectivity index (χ0n) is 11.9. The van der Waals surface area contributed by atoms with Crippen molar-refractivity contribution in [3.05, 3.63) is 11.5 Å². The number of halogens is 1. The molecule has 104 valence electrons. The molecule has 2 heterocycles. The fraction of sp³-hybridized carbons (Fsp3) is 0.714. The van der Waals surface area contributed by atoms with Gasteiger partial charge in [0.2, 0.25) is 0 Å². The van der Waals surface area contributed by atoms with Crippen LogP contribution in [-0.2, 0) is 18.5 Å². The maximum atomic E-state index is 6.13. The lowest BCUT2D eigenvalue weighted by Crippen LogP contribution is -2.34. The van der Waals surface area contributed by atoms with Crippen LogP contribution in [0.5, 0.6) is 0 Å². The largest absolute Gasteiger partial charge is 0.306 e. The van der Waals surface area contributed by atoms with Crippen LogP contribution in [0, 0.1) is 6.92 Å². The first-order chi connectivity index (χ1) is 9.07. The van der Waals surface area contributed by atoms with Crippen molar-refractivity contribution >= 4 is 22.8 Å². The number of hydrogen-bond donors (Lipinski definition) is 0. The third-order valence-electron chi connectivity index (χ3n) is 4.46. The zero-order valence-corrected chi connectivity index (χ0v) is 12.7. The summed E-state index contributed by atoms with van der Waals surface area (Å²) >= 11 is 6.13. The highest BCUT2D eigenvalue weighted by molar-refractivity contribution is 6.16. The van der Waals surface area contributed by atoms with E-state index in [9.17, 15) is 0 Å². The average molecular weight is 281 g/mol. The second-order valence-corrected chi connectivity index (χ2v) is 6.20. The van der Waals surface area contributed by atoms with Crippen LogP contribution in [-0.4, -0.2) is 19.3 Å². The summed E-state index contributed by atoms with van der Waals surface area (Å²) in [6, 6.07) is 0. The molecular weight excluding hydrogens is 260 g/mol. The van der Waals surface area contributed by atoms with E-state index >= 15 is 0 Å². The Morgan fingerprint density at radius 3 is 2.58 bits per heavy atom. The molecule has 19 heavy (non-hydrogen) atoms. The van der Waals surface area contributed by atoms with Gasteiger partial charge in [0.05, 0.1) is 11.6 Å². The highest BCUT2D eigenvalue weighted by Gasteiger charge is 2.33. The average Bonchev–Trinajstić information content (AvgIpc) is 2.90. The molecule has 0 aliphatic heterocycles. The Hall–Kier alpha value is -1.03. The van der Waals surface area contributed by atoms with Gasteiger partial charge in [0, 0.05) is 12.6 Å². The molecule has 0 saturated heterocycles. The highest BCUT2D eigenvalue weighted by Crippen LogP contribution is 2.38. The lowest BCUT2D eigenvalue weighted by molar-refractivity contribution is 0.218. The van der Waals surface area contributed by atoms with Gasteiger partial charge in [-0.1, -0.05) is 19.3 Å². The molecule has 0 atom stereocenters. The number of alkyl halides is 1. The first-order valence-corrected chi connectivity index (χ1v) is 7.57. The van der Waals surface area contributed by atoms with Crippen molar-refractivity contribution in [1.82, 2.24) is 19.3 Å². The summed E-state index contributed by atoms with van der Waals surface area (Å²) in [4.78, 5) is 4.72. The summed E-state index contributed by atoms with van der Waals surface area (Å²) in [5.41, 5.74) is 3.25. The van der Waals surface area contributed by atoms with Gasteiger partial charge in [-0.2, -0.15) is 5.10 Å². The summed E-state index contributed by atoms with van der Waals surface area (Å²) in [5, 5.41) is 4.50. The summed E-state index contributed by atoms with van der Waals surface area (Å²) in [7, 11) is 2.00. The lowest BCUT2D eigenvalue weighted by Gasteiger charge is -2.36. The molecule has 3 rings (SSSR count). The lowest BCUT2D eigenvalue weighted by atomic mass is 9.83. The van der Waals surface area contributed by atoms with Crippen LogP contribution in [0.15, 0.2) is 0 Å². The van der Waals surface area contributed by atoms with E-state index in [0.29, 0.717) is 5.88 Å². The molecule has 2 aromatic rings. The Labute approximate surface area is 118 Å². The van der Waals surface area contributed by atoms with Gasteiger partial charge in [0.1, 0.15) is 11.3 Å². The molecule has 0 spiro atoms. The molecule has 1 saturated carbocycles. The minimum Gasteiger partial charge on any atom is -0.306 e. The summed E-state index contributed by atoms with van der Waals surface area (Å²) in [6.45, 7) is 4.35. The molecule has 0 radical (unpaired) electrons. The fourth-order valence-electron chi connectivity index (χ4n) is 3.51. The van der Waals surface area contributed by atoms with Gasteiger partial charge in [-0.3, -0.25) is 4.68 Å². The van der Waals surface area contributed by atoms with Gasteiger partial charge in [-0.15, -0.1) is 11.6 Å². The second-order valence-electron chi connectivity index (χ2n) is 5.94. The number of imidazole rings is 1. The molecule has 5 heteroatoms. The molecule has 1 aliphatic carbocycles. The van der Waals surface area contributed by atoms with E-state index in [4.69, 9.17) is 16.6 Å². The standard InChI is InChI=1S/C14H21ClN4/c1-10-12-13(18(3)17-10)19(11(9-15)16-12)14(2)7-5-4-6-8-14/h4-9H2,1-3H3. The number of hydrogen-bond acceptors (Lipinski definition) is 2. The maximum Gasteiger partial charge on any atom is 0.159 e. The predicted molar refractivity (Wildman–Crippen MR) is 77.5 cm³/mol. The van der Waals surface area contributed by atoms with Gasteiger partial charge >= 0.3 is 0 Å². The van der Waals surface area contributed by atoms with Crippen LogP contribution in [0.1, 0.15) is 50.5 Å². The Morgan fingerprint density at radius 2 is 1.95 bits per heavy atom. The molecular formula is C14H21ClN4. The van der Waals surface area contributed by atoms with E-state index in [0.717, 1.165) is 22.7 Å². The van der Waals surface area contributed by atoms with E-state index in [1.165, 1.54) is 32.1 Å². The molecule has 4 nitrogen and oxygen atoms in total. The van der Waals surface area contributed by atoms with Crippen LogP contribution < -0.4 is 0 Å². The minimum absolute atomic E-state index is 0.136. The summed E-state index contributed by atoms with van der Waals surface area (Å²) in [6.07, 6.45) is 6.32. The molecule has 0 amide bonds. The van der Waals surface area contributed by atoms with E-state index < -0.39 is 0 Å². The second kappa shape index (κ2) is 4.51. The quantitative estimate of drug-likeness (QED) is 0.790.